The van der Waals surface area contributed by atoms with E-state index >= 15 is 0 Å². The number of nitriles is 4. The van der Waals surface area contributed by atoms with E-state index in [-0.39, 0.29) is 0 Å². The van der Waals surface area contributed by atoms with E-state index in [0.717, 1.165) is 4.90 Å². The second-order valence-corrected chi connectivity index (χ2v) is 4.64. The molecule has 2 aliphatic heterocycles. The normalized spacial score (nSPS) is 26.6. The molecule has 0 radical (unpaired) electrons. The monoisotopic (exact) mass is 279 g/mol. The largest absolute Gasteiger partial charge is 0.452 e. The van der Waals surface area contributed by atoms with Gasteiger partial charge in [0.2, 0.25) is 0 Å². The van der Waals surface area contributed by atoms with E-state index in [1.807, 2.05) is 12.1 Å². The molecule has 102 valence electrons. The first-order valence-electron chi connectivity index (χ1n) is 5.94. The molecule has 1 aliphatic carbocycles. The van der Waals surface area contributed by atoms with E-state index in [4.69, 9.17) is 0 Å². The molecule has 3 rings (SSSR count). The van der Waals surface area contributed by atoms with Crippen LogP contribution in [0.2, 0.25) is 0 Å². The molecular weight excluding hydrogens is 270 g/mol. The lowest BCUT2D eigenvalue weighted by Crippen LogP contribution is -2.56. The van der Waals surface area contributed by atoms with Crippen molar-refractivity contribution < 1.29 is 9.53 Å². The number of hydrogen-bond acceptors (Lipinski definition) is 6. The van der Waals surface area contributed by atoms with Gasteiger partial charge in [-0.05, 0) is 0 Å². The first-order chi connectivity index (χ1) is 10.1. The molecule has 0 spiro atoms. The van der Waals surface area contributed by atoms with Gasteiger partial charge in [0.1, 0.15) is 0 Å². The fraction of sp³-hybridized carbons (Fsp3) is 0.357. The summed E-state index contributed by atoms with van der Waals surface area (Å²) in [4.78, 5) is 12.9. The average Bonchev–Trinajstić information content (AvgIpc) is 2.82. The average molecular weight is 279 g/mol. The summed E-state index contributed by atoms with van der Waals surface area (Å²) >= 11 is 0. The van der Waals surface area contributed by atoms with Crippen LogP contribution in [0.25, 0.3) is 0 Å². The van der Waals surface area contributed by atoms with Crippen LogP contribution in [0.1, 0.15) is 0 Å². The summed E-state index contributed by atoms with van der Waals surface area (Å²) in [5.41, 5.74) is -3.90. The minimum Gasteiger partial charge on any atom is -0.452 e. The van der Waals surface area contributed by atoms with Crippen LogP contribution in [-0.4, -0.2) is 24.1 Å². The minimum atomic E-state index is -2.01. The Kier molecular flexibility index (Phi) is 3.14. The predicted molar refractivity (Wildman–Crippen MR) is 67.1 cm³/mol. The van der Waals surface area contributed by atoms with Gasteiger partial charge in [-0.25, -0.2) is 4.79 Å². The molecule has 7 heteroatoms. The summed E-state index contributed by atoms with van der Waals surface area (Å²) in [7, 11) is 1.17. The summed E-state index contributed by atoms with van der Waals surface area (Å²) in [6.45, 7) is 0. The van der Waals surface area contributed by atoms with Crippen molar-refractivity contribution in [3.8, 4) is 24.3 Å². The molecule has 0 N–H and O–H groups in total. The van der Waals surface area contributed by atoms with Gasteiger partial charge in [0.05, 0.1) is 37.4 Å². The number of methoxy groups -OCH3 is 1. The van der Waals surface area contributed by atoms with E-state index in [0.29, 0.717) is 0 Å². The molecule has 0 aromatic rings. The van der Waals surface area contributed by atoms with Gasteiger partial charge in [-0.2, -0.15) is 21.0 Å². The number of ether oxygens (including phenoxy) is 1. The summed E-state index contributed by atoms with van der Waals surface area (Å²) in [6, 6.07) is 6.15. The zero-order chi connectivity index (χ0) is 15.7. The van der Waals surface area contributed by atoms with Gasteiger partial charge in [-0.3, -0.25) is 4.90 Å². The minimum absolute atomic E-state index is 0.766. The van der Waals surface area contributed by atoms with Crippen molar-refractivity contribution in [2.24, 2.45) is 16.7 Å². The van der Waals surface area contributed by atoms with Gasteiger partial charge < -0.3 is 4.74 Å². The number of carbonyl (C=O) groups is 1. The highest BCUT2D eigenvalue weighted by Crippen LogP contribution is 2.54. The summed E-state index contributed by atoms with van der Waals surface area (Å²) in [6.07, 6.45) is 5.07. The number of allylic oxidation sites excluding steroid dienone is 2. The number of carbonyl (C=O) groups excluding carboxylic acids is 1. The van der Waals surface area contributed by atoms with Gasteiger partial charge in [-0.1, -0.05) is 18.2 Å². The third kappa shape index (κ3) is 1.46. The third-order valence-corrected chi connectivity index (χ3v) is 3.91. The summed E-state index contributed by atoms with van der Waals surface area (Å²) in [5.74, 6) is -0.766. The fourth-order valence-electron chi connectivity index (χ4n) is 2.76. The molecule has 21 heavy (non-hydrogen) atoms. The lowest BCUT2D eigenvalue weighted by molar-refractivity contribution is 0.101. The topological polar surface area (TPSA) is 125 Å². The Labute approximate surface area is 121 Å². The Morgan fingerprint density at radius 1 is 1.05 bits per heavy atom. The van der Waals surface area contributed by atoms with Gasteiger partial charge >= 0.3 is 6.09 Å². The van der Waals surface area contributed by atoms with Crippen molar-refractivity contribution in [1.29, 1.82) is 21.0 Å². The van der Waals surface area contributed by atoms with E-state index in [1.54, 1.807) is 18.2 Å². The maximum Gasteiger partial charge on any atom is 0.414 e. The number of nitrogens with zero attached hydrogens (tertiary/aromatic N) is 5. The standard InChI is InChI=1S/C14H9N5O2/c1-21-12(20)19-5-4-10-2-3-11(19)14(8-17,9-18)13(10,6-15)7-16/h2-5,10-11H,1H3/t10-,11+/m0/s1. The molecule has 2 bridgehead atoms. The Bertz CT molecular complexity index is 682. The SMILES string of the molecule is COC(=O)N1C=C[C@@H]2C=C[C@@H]1C(C#N)(C#N)C2(C#N)C#N. The molecule has 1 amide bonds. The summed E-state index contributed by atoms with van der Waals surface area (Å²) in [5, 5.41) is 38.1. The molecular formula is C14H9N5O2. The number of rotatable bonds is 0. The number of amides is 1. The van der Waals surface area contributed by atoms with Crippen LogP contribution in [0.3, 0.4) is 0 Å². The Hall–Kier alpha value is -3.29. The fourth-order valence-corrected chi connectivity index (χ4v) is 2.76. The van der Waals surface area contributed by atoms with Crippen molar-refractivity contribution in [1.82, 2.24) is 4.90 Å². The van der Waals surface area contributed by atoms with Crippen LogP contribution in [0.4, 0.5) is 4.79 Å². The van der Waals surface area contributed by atoms with Crippen molar-refractivity contribution in [3.63, 3.8) is 0 Å². The molecule has 0 saturated carbocycles. The molecule has 3 aliphatic rings. The first kappa shape index (κ1) is 14.1. The van der Waals surface area contributed by atoms with Crippen LogP contribution >= 0.6 is 0 Å². The van der Waals surface area contributed by atoms with Crippen molar-refractivity contribution >= 4 is 6.09 Å². The van der Waals surface area contributed by atoms with Gasteiger partial charge in [0.25, 0.3) is 0 Å². The number of fused-ring (bicyclic) bond motifs is 2. The highest BCUT2D eigenvalue weighted by molar-refractivity contribution is 5.71. The molecule has 2 heterocycles. The predicted octanol–water partition coefficient (Wildman–Crippen LogP) is 1.20. The number of hydrogen-bond donors (Lipinski definition) is 0. The maximum absolute atomic E-state index is 11.8. The second kappa shape index (κ2) is 4.67. The van der Waals surface area contributed by atoms with Gasteiger partial charge in [-0.15, -0.1) is 0 Å². The van der Waals surface area contributed by atoms with E-state index in [1.165, 1.54) is 25.5 Å². The smallest absolute Gasteiger partial charge is 0.414 e. The Morgan fingerprint density at radius 2 is 1.62 bits per heavy atom. The second-order valence-electron chi connectivity index (χ2n) is 4.64. The van der Waals surface area contributed by atoms with Crippen molar-refractivity contribution in [2.45, 2.75) is 6.04 Å². The van der Waals surface area contributed by atoms with E-state index < -0.39 is 28.9 Å². The molecule has 2 atom stereocenters. The van der Waals surface area contributed by atoms with Crippen molar-refractivity contribution in [3.05, 3.63) is 24.4 Å². The molecule has 7 nitrogen and oxygen atoms in total. The van der Waals surface area contributed by atoms with Gasteiger partial charge in [0, 0.05) is 12.1 Å². The third-order valence-electron chi connectivity index (χ3n) is 3.91. The maximum atomic E-state index is 11.8. The van der Waals surface area contributed by atoms with Crippen LogP contribution in [0.15, 0.2) is 24.4 Å². The molecule has 0 saturated heterocycles. The summed E-state index contributed by atoms with van der Waals surface area (Å²) < 4.78 is 4.63. The first-order valence-corrected chi connectivity index (χ1v) is 5.94. The zero-order valence-electron chi connectivity index (χ0n) is 11.0. The Balaban J connectivity index is 2.78. The van der Waals surface area contributed by atoms with Gasteiger partial charge in [0.15, 0.2) is 10.8 Å². The van der Waals surface area contributed by atoms with Crippen LogP contribution < -0.4 is 0 Å². The molecule has 0 fully saturated rings. The highest BCUT2D eigenvalue weighted by Gasteiger charge is 2.66. The van der Waals surface area contributed by atoms with Crippen molar-refractivity contribution in [2.75, 3.05) is 7.11 Å². The quantitative estimate of drug-likeness (QED) is 0.613. The van der Waals surface area contributed by atoms with E-state index in [9.17, 15) is 25.8 Å². The van der Waals surface area contributed by atoms with Crippen LogP contribution in [0, 0.1) is 62.1 Å². The lowest BCUT2D eigenvalue weighted by atomic mass is 9.54. The van der Waals surface area contributed by atoms with Crippen LogP contribution in [0.5, 0.6) is 0 Å². The zero-order valence-corrected chi connectivity index (χ0v) is 11.0. The van der Waals surface area contributed by atoms with Crippen LogP contribution in [-0.2, 0) is 4.74 Å². The Morgan fingerprint density at radius 3 is 2.10 bits per heavy atom. The molecule has 0 aromatic carbocycles. The van der Waals surface area contributed by atoms with E-state index in [2.05, 4.69) is 4.74 Å². The lowest BCUT2D eigenvalue weighted by Gasteiger charge is -2.42. The molecule has 0 aromatic heterocycles. The molecule has 0 unspecified atom stereocenters. The highest BCUT2D eigenvalue weighted by atomic mass is 16.5.